The molecule has 0 heterocycles. The van der Waals surface area contributed by atoms with Gasteiger partial charge in [0.1, 0.15) is 0 Å². The molecule has 0 nitrogen and oxygen atoms in total. The highest BCUT2D eigenvalue weighted by molar-refractivity contribution is 14.1. The van der Waals surface area contributed by atoms with Gasteiger partial charge in [-0.25, -0.2) is 0 Å². The minimum absolute atomic E-state index is 1.24. The van der Waals surface area contributed by atoms with Crippen molar-refractivity contribution in [2.75, 3.05) is 0 Å². The first-order valence-electron chi connectivity index (χ1n) is 25.6. The van der Waals surface area contributed by atoms with Crippen LogP contribution in [-0.2, 0) is 25.7 Å². The van der Waals surface area contributed by atoms with E-state index in [4.69, 9.17) is 0 Å². The number of halogens is 1. The van der Waals surface area contributed by atoms with Gasteiger partial charge in [-0.2, -0.15) is 0 Å². The molecule has 0 aliphatic heterocycles. The van der Waals surface area contributed by atoms with Crippen LogP contribution in [-0.4, -0.2) is 8.07 Å². The Hall–Kier alpha value is -0.613. The summed E-state index contributed by atoms with van der Waals surface area (Å²) in [5.74, 6) is 0. The van der Waals surface area contributed by atoms with Crippen molar-refractivity contribution < 1.29 is 0 Å². The Balaban J connectivity index is 0.000000573. The minimum Gasteiger partial charge on any atom is -0.0656 e. The second-order valence-electron chi connectivity index (χ2n) is 19.2. The molecule has 0 aliphatic rings. The van der Waals surface area contributed by atoms with E-state index in [0.29, 0.717) is 0 Å². The average molecular weight is 915 g/mol. The van der Waals surface area contributed by atoms with E-state index in [0.717, 1.165) is 0 Å². The van der Waals surface area contributed by atoms with Crippen molar-refractivity contribution in [1.82, 2.24) is 0 Å². The molecular weight excluding hydrogens is 816 g/mol. The van der Waals surface area contributed by atoms with Crippen molar-refractivity contribution in [2.45, 2.75) is 278 Å². The molecule has 2 aromatic rings. The fourth-order valence-electron chi connectivity index (χ4n) is 8.34. The van der Waals surface area contributed by atoms with E-state index in [1.807, 2.05) is 0 Å². The molecule has 0 unspecified atom stereocenters. The number of aryl methyl sites for hydroxylation is 4. The van der Waals surface area contributed by atoms with E-state index in [1.54, 1.807) is 27.4 Å². The van der Waals surface area contributed by atoms with Crippen molar-refractivity contribution in [3.05, 3.63) is 62.2 Å². The molecule has 0 saturated carbocycles. The summed E-state index contributed by atoms with van der Waals surface area (Å²) in [5, 5.41) is 1.68. The van der Waals surface area contributed by atoms with Crippen LogP contribution in [0.4, 0.5) is 0 Å². The molecule has 0 amide bonds. The van der Waals surface area contributed by atoms with Crippen molar-refractivity contribution >= 4 is 35.9 Å². The zero-order chi connectivity index (χ0) is 41.7. The maximum absolute atomic E-state index is 2.56. The Morgan fingerprint density at radius 1 is 0.298 bits per heavy atom. The van der Waals surface area contributed by atoms with Crippen molar-refractivity contribution in [2.24, 2.45) is 0 Å². The summed E-state index contributed by atoms with van der Waals surface area (Å²) in [6, 6.07) is 15.0. The first-order chi connectivity index (χ1) is 27.7. The van der Waals surface area contributed by atoms with Gasteiger partial charge in [-0.05, 0) is 108 Å². The van der Waals surface area contributed by atoms with Gasteiger partial charge >= 0.3 is 0 Å². The topological polar surface area (TPSA) is 0 Å². The molecule has 0 atom stereocenters. The largest absolute Gasteiger partial charge is 0.0776 e. The van der Waals surface area contributed by atoms with E-state index < -0.39 is 8.07 Å². The number of hydrogen-bond donors (Lipinski definition) is 0. The second kappa shape index (κ2) is 38.3. The van der Waals surface area contributed by atoms with E-state index in [-0.39, 0.29) is 0 Å². The molecule has 2 aromatic carbocycles. The van der Waals surface area contributed by atoms with Crippen LogP contribution in [0.2, 0.25) is 19.6 Å². The summed E-state index contributed by atoms with van der Waals surface area (Å²) >= 11 is 2.51. The van der Waals surface area contributed by atoms with E-state index >= 15 is 0 Å². The second-order valence-corrected chi connectivity index (χ2v) is 25.5. The monoisotopic (exact) mass is 915 g/mol. The Bertz CT molecular complexity index is 1090. The molecule has 0 radical (unpaired) electrons. The first-order valence-corrected chi connectivity index (χ1v) is 30.2. The summed E-state index contributed by atoms with van der Waals surface area (Å²) in [4.78, 5) is 0. The molecule has 0 spiro atoms. The van der Waals surface area contributed by atoms with Gasteiger partial charge in [-0.1, -0.05) is 257 Å². The lowest BCUT2D eigenvalue weighted by Crippen LogP contribution is -2.38. The predicted octanol–water partition coefficient (Wildman–Crippen LogP) is 19.3. The van der Waals surface area contributed by atoms with Gasteiger partial charge in [-0.3, -0.25) is 0 Å². The fraction of sp³-hybridized carbons (Fsp3) is 0.782. The Labute approximate surface area is 374 Å². The first kappa shape index (κ1) is 54.4. The number of unbranched alkanes of at least 4 members (excludes halogenated alkanes) is 28. The Kier molecular flexibility index (Phi) is 36.6. The summed E-state index contributed by atoms with van der Waals surface area (Å²) in [6.07, 6.45) is 50.4. The van der Waals surface area contributed by atoms with E-state index in [2.05, 4.69) is 106 Å². The van der Waals surface area contributed by atoms with Crippen molar-refractivity contribution in [1.29, 1.82) is 0 Å². The lowest BCUT2D eigenvalue weighted by Gasteiger charge is -2.20. The number of benzene rings is 2. The third-order valence-corrected chi connectivity index (χ3v) is 14.9. The molecular formula is C55H99ISi. The van der Waals surface area contributed by atoms with Crippen molar-refractivity contribution in [3.8, 4) is 0 Å². The highest BCUT2D eigenvalue weighted by Crippen LogP contribution is 2.20. The third kappa shape index (κ3) is 32.8. The SMILES string of the molecule is CCCCCCCCCCc1cc(CCCCCCCCCC)cc([Si](C)(C)C)c1.CCCCCCCCCCc1cc(I)cc(CCCCCCCCCC)c1. The molecule has 0 fully saturated rings. The summed E-state index contributed by atoms with van der Waals surface area (Å²) in [6.45, 7) is 16.7. The minimum atomic E-state index is -1.24. The molecule has 2 heteroatoms. The lowest BCUT2D eigenvalue weighted by atomic mass is 9.99. The Morgan fingerprint density at radius 3 is 0.737 bits per heavy atom. The fourth-order valence-corrected chi connectivity index (χ4v) is 10.4. The smallest absolute Gasteiger partial charge is 0.0656 e. The molecule has 0 aromatic heterocycles. The van der Waals surface area contributed by atoms with Gasteiger partial charge in [0.25, 0.3) is 0 Å². The maximum atomic E-state index is 2.56. The molecule has 0 aliphatic carbocycles. The predicted molar refractivity (Wildman–Crippen MR) is 274 cm³/mol. The quantitative estimate of drug-likeness (QED) is 0.0360. The van der Waals surface area contributed by atoms with Crippen LogP contribution in [0, 0.1) is 3.57 Å². The van der Waals surface area contributed by atoms with Crippen LogP contribution in [0.25, 0.3) is 0 Å². The van der Waals surface area contributed by atoms with E-state index in [9.17, 15) is 0 Å². The number of rotatable bonds is 37. The molecule has 2 rings (SSSR count). The molecule has 0 N–H and O–H groups in total. The normalized spacial score (nSPS) is 11.6. The average Bonchev–Trinajstić information content (AvgIpc) is 3.18. The van der Waals surface area contributed by atoms with Crippen LogP contribution in [0.3, 0.4) is 0 Å². The van der Waals surface area contributed by atoms with Gasteiger partial charge in [0.2, 0.25) is 0 Å². The maximum Gasteiger partial charge on any atom is 0.0776 e. The summed E-state index contributed by atoms with van der Waals surface area (Å²) < 4.78 is 1.43. The van der Waals surface area contributed by atoms with Gasteiger partial charge < -0.3 is 0 Å². The van der Waals surface area contributed by atoms with Crippen LogP contribution in [0.15, 0.2) is 36.4 Å². The molecule has 0 saturated heterocycles. The standard InChI is InChI=1S/C29H54Si.C26H45I/c1-6-8-10-12-14-16-18-20-22-27-24-28(26-29(25-27)30(3,4)5)23-21-19-17-15-13-11-9-7-2;1-3-5-7-9-11-13-15-17-19-24-21-25(23-26(27)22-24)20-18-16-14-12-10-8-6-4-2/h24-26H,6-23H2,1-5H3;21-23H,3-20H2,1-2H3. The summed E-state index contributed by atoms with van der Waals surface area (Å²) in [7, 11) is -1.24. The van der Waals surface area contributed by atoms with Gasteiger partial charge in [0.15, 0.2) is 0 Å². The van der Waals surface area contributed by atoms with Gasteiger partial charge in [-0.15, -0.1) is 0 Å². The highest BCUT2D eigenvalue weighted by Gasteiger charge is 2.17. The van der Waals surface area contributed by atoms with Gasteiger partial charge in [0.05, 0.1) is 8.07 Å². The van der Waals surface area contributed by atoms with Crippen molar-refractivity contribution in [3.63, 3.8) is 0 Å². The van der Waals surface area contributed by atoms with Crippen LogP contribution in [0.5, 0.6) is 0 Å². The summed E-state index contributed by atoms with van der Waals surface area (Å²) in [5.41, 5.74) is 6.39. The lowest BCUT2D eigenvalue weighted by molar-refractivity contribution is 0.574. The van der Waals surface area contributed by atoms with E-state index in [1.165, 1.54) is 235 Å². The zero-order valence-corrected chi connectivity index (χ0v) is 43.0. The molecule has 57 heavy (non-hydrogen) atoms. The van der Waals surface area contributed by atoms with Crippen LogP contribution in [0.1, 0.15) is 255 Å². The highest BCUT2D eigenvalue weighted by atomic mass is 127. The Morgan fingerprint density at radius 2 is 0.509 bits per heavy atom. The third-order valence-electron chi connectivity index (χ3n) is 12.2. The molecule has 0 bridgehead atoms. The molecule has 330 valence electrons. The number of hydrogen-bond acceptors (Lipinski definition) is 0. The van der Waals surface area contributed by atoms with Gasteiger partial charge in [0, 0.05) is 3.57 Å². The van der Waals surface area contributed by atoms with Crippen LogP contribution < -0.4 is 5.19 Å². The van der Waals surface area contributed by atoms with Crippen LogP contribution >= 0.6 is 22.6 Å². The zero-order valence-electron chi connectivity index (χ0n) is 39.8.